The molecule has 32 heavy (non-hydrogen) atoms. The first-order valence-corrected chi connectivity index (χ1v) is 11.8. The number of thioether (sulfide) groups is 1. The molecule has 2 aromatic rings. The molecule has 1 N–H and O–H groups in total. The molecule has 1 heterocycles. The van der Waals surface area contributed by atoms with Crippen LogP contribution < -0.4 is 4.74 Å². The summed E-state index contributed by atoms with van der Waals surface area (Å²) in [6.07, 6.45) is 2.53. The van der Waals surface area contributed by atoms with Crippen LogP contribution in [0, 0.1) is 5.92 Å². The van der Waals surface area contributed by atoms with Crippen molar-refractivity contribution >= 4 is 46.3 Å². The Morgan fingerprint density at radius 2 is 1.66 bits per heavy atom. The minimum absolute atomic E-state index is 0.129. The van der Waals surface area contributed by atoms with Crippen LogP contribution >= 0.6 is 24.0 Å². The van der Waals surface area contributed by atoms with E-state index in [0.717, 1.165) is 34.2 Å². The highest BCUT2D eigenvalue weighted by molar-refractivity contribution is 8.26. The molecule has 7 heteroatoms. The quantitative estimate of drug-likeness (QED) is 0.387. The lowest BCUT2D eigenvalue weighted by molar-refractivity contribution is -0.147. The van der Waals surface area contributed by atoms with Gasteiger partial charge in [-0.2, -0.15) is 0 Å². The molecule has 2 atom stereocenters. The van der Waals surface area contributed by atoms with Crippen molar-refractivity contribution in [2.45, 2.75) is 46.3 Å². The van der Waals surface area contributed by atoms with Gasteiger partial charge < -0.3 is 9.84 Å². The Kier molecular flexibility index (Phi) is 7.74. The Hall–Kier alpha value is -2.64. The number of ether oxygens (including phenoxy) is 1. The molecule has 2 aromatic carbocycles. The number of amides is 1. The predicted octanol–water partition coefficient (Wildman–Crippen LogP) is 5.84. The molecule has 168 valence electrons. The van der Waals surface area contributed by atoms with E-state index in [1.807, 2.05) is 76.2 Å². The molecule has 0 bridgehead atoms. The standard InChI is InChI=1S/C25H27NO4S2/c1-5-16(4)22(24(28)29)26-23(27)21(32-25(26)31)14-17-6-8-18(9-7-17)19-10-12-20(13-11-19)30-15(2)3/h6-16,22H,5H2,1-4H3,(H,28,29)/b21-14-. The summed E-state index contributed by atoms with van der Waals surface area (Å²) in [6.45, 7) is 7.71. The molecule has 0 spiro atoms. The van der Waals surface area contributed by atoms with E-state index in [1.165, 1.54) is 4.90 Å². The zero-order valence-electron chi connectivity index (χ0n) is 18.6. The topological polar surface area (TPSA) is 66.8 Å². The average Bonchev–Trinajstić information content (AvgIpc) is 3.02. The summed E-state index contributed by atoms with van der Waals surface area (Å²) in [5.41, 5.74) is 2.97. The van der Waals surface area contributed by atoms with Gasteiger partial charge in [0.25, 0.3) is 5.91 Å². The van der Waals surface area contributed by atoms with Crippen LogP contribution in [0.15, 0.2) is 53.4 Å². The van der Waals surface area contributed by atoms with Gasteiger partial charge in [-0.3, -0.25) is 9.69 Å². The van der Waals surface area contributed by atoms with Gasteiger partial charge in [0, 0.05) is 0 Å². The monoisotopic (exact) mass is 469 g/mol. The van der Waals surface area contributed by atoms with Crippen LogP contribution in [-0.2, 0) is 9.59 Å². The second-order valence-electron chi connectivity index (χ2n) is 8.03. The molecular weight excluding hydrogens is 442 g/mol. The SMILES string of the molecule is CCC(C)C(C(=O)O)N1C(=O)/C(=C/c2ccc(-c3ccc(OC(C)C)cc3)cc2)SC1=S. The highest BCUT2D eigenvalue weighted by atomic mass is 32.2. The Balaban J connectivity index is 1.78. The zero-order valence-corrected chi connectivity index (χ0v) is 20.2. The Bertz CT molecular complexity index is 1030. The molecular formula is C25H27NO4S2. The van der Waals surface area contributed by atoms with Gasteiger partial charge in [-0.15, -0.1) is 0 Å². The van der Waals surface area contributed by atoms with E-state index < -0.39 is 12.0 Å². The van der Waals surface area contributed by atoms with Gasteiger partial charge >= 0.3 is 5.97 Å². The van der Waals surface area contributed by atoms with E-state index in [0.29, 0.717) is 11.3 Å². The summed E-state index contributed by atoms with van der Waals surface area (Å²) in [5, 5.41) is 9.66. The van der Waals surface area contributed by atoms with E-state index in [1.54, 1.807) is 6.08 Å². The van der Waals surface area contributed by atoms with Crippen molar-refractivity contribution < 1.29 is 19.4 Å². The normalized spacial score (nSPS) is 17.2. The second-order valence-corrected chi connectivity index (χ2v) is 9.71. The van der Waals surface area contributed by atoms with Gasteiger partial charge in [0.05, 0.1) is 11.0 Å². The van der Waals surface area contributed by atoms with Crippen LogP contribution in [0.25, 0.3) is 17.2 Å². The number of hydrogen-bond acceptors (Lipinski definition) is 5. The van der Waals surface area contributed by atoms with Crippen molar-refractivity contribution in [3.63, 3.8) is 0 Å². The third kappa shape index (κ3) is 5.40. The third-order valence-electron chi connectivity index (χ3n) is 5.31. The molecule has 0 aliphatic carbocycles. The molecule has 1 aliphatic heterocycles. The van der Waals surface area contributed by atoms with Gasteiger partial charge in [-0.1, -0.05) is 80.6 Å². The second kappa shape index (κ2) is 10.3. The number of carboxylic acids is 1. The lowest BCUT2D eigenvalue weighted by Crippen LogP contribution is -2.47. The largest absolute Gasteiger partial charge is 0.491 e. The van der Waals surface area contributed by atoms with Crippen molar-refractivity contribution in [1.29, 1.82) is 0 Å². The van der Waals surface area contributed by atoms with E-state index in [9.17, 15) is 14.7 Å². The number of nitrogens with zero attached hydrogens (tertiary/aromatic N) is 1. The van der Waals surface area contributed by atoms with Crippen molar-refractivity contribution in [3.8, 4) is 16.9 Å². The summed E-state index contributed by atoms with van der Waals surface area (Å²) in [4.78, 5) is 26.4. The molecule has 2 unspecified atom stereocenters. The molecule has 0 saturated carbocycles. The number of benzene rings is 2. The molecule has 1 aliphatic rings. The van der Waals surface area contributed by atoms with E-state index in [2.05, 4.69) is 0 Å². The number of carboxylic acid groups (broad SMARTS) is 1. The fourth-order valence-corrected chi connectivity index (χ4v) is 4.80. The lowest BCUT2D eigenvalue weighted by Gasteiger charge is -2.27. The van der Waals surface area contributed by atoms with E-state index in [-0.39, 0.29) is 22.2 Å². The van der Waals surface area contributed by atoms with Crippen LogP contribution in [0.1, 0.15) is 39.7 Å². The zero-order chi connectivity index (χ0) is 23.4. The smallest absolute Gasteiger partial charge is 0.327 e. The minimum Gasteiger partial charge on any atom is -0.491 e. The minimum atomic E-state index is -1.04. The summed E-state index contributed by atoms with van der Waals surface area (Å²) >= 11 is 6.50. The van der Waals surface area contributed by atoms with Crippen molar-refractivity contribution in [2.24, 2.45) is 5.92 Å². The Morgan fingerprint density at radius 3 is 2.16 bits per heavy atom. The highest BCUT2D eigenvalue weighted by Gasteiger charge is 2.42. The molecule has 1 saturated heterocycles. The van der Waals surface area contributed by atoms with Crippen molar-refractivity contribution in [2.75, 3.05) is 0 Å². The molecule has 5 nitrogen and oxygen atoms in total. The summed E-state index contributed by atoms with van der Waals surface area (Å²) in [5.74, 6) is -0.756. The van der Waals surface area contributed by atoms with Gasteiger partial charge in [-0.25, -0.2) is 4.79 Å². The molecule has 0 aromatic heterocycles. The Morgan fingerprint density at radius 1 is 1.09 bits per heavy atom. The molecule has 0 radical (unpaired) electrons. The van der Waals surface area contributed by atoms with Crippen LogP contribution in [0.4, 0.5) is 0 Å². The van der Waals surface area contributed by atoms with Crippen molar-refractivity contribution in [1.82, 2.24) is 4.90 Å². The molecule has 3 rings (SSSR count). The maximum atomic E-state index is 13.0. The molecule has 1 fully saturated rings. The number of thiocarbonyl (C=S) groups is 1. The number of aliphatic carboxylic acids is 1. The van der Waals surface area contributed by atoms with Gasteiger partial charge in [0.15, 0.2) is 0 Å². The van der Waals surface area contributed by atoms with Crippen LogP contribution in [0.2, 0.25) is 0 Å². The Labute approximate surface area is 198 Å². The van der Waals surface area contributed by atoms with Crippen molar-refractivity contribution in [3.05, 3.63) is 59.0 Å². The average molecular weight is 470 g/mol. The van der Waals surface area contributed by atoms with Crippen LogP contribution in [0.3, 0.4) is 0 Å². The number of carbonyl (C=O) groups excluding carboxylic acids is 1. The molecule has 1 amide bonds. The number of hydrogen-bond donors (Lipinski definition) is 1. The van der Waals surface area contributed by atoms with Gasteiger partial charge in [0.2, 0.25) is 0 Å². The first-order valence-electron chi connectivity index (χ1n) is 10.6. The van der Waals surface area contributed by atoms with Crippen LogP contribution in [-0.4, -0.2) is 38.3 Å². The van der Waals surface area contributed by atoms with E-state index >= 15 is 0 Å². The summed E-state index contributed by atoms with van der Waals surface area (Å²) < 4.78 is 5.97. The number of rotatable bonds is 8. The van der Waals surface area contributed by atoms with E-state index in [4.69, 9.17) is 17.0 Å². The fourth-order valence-electron chi connectivity index (χ4n) is 3.47. The first kappa shape index (κ1) is 24.0. The van der Waals surface area contributed by atoms with Gasteiger partial charge in [0.1, 0.15) is 16.1 Å². The lowest BCUT2D eigenvalue weighted by atomic mass is 9.98. The first-order chi connectivity index (χ1) is 15.2. The maximum absolute atomic E-state index is 13.0. The summed E-state index contributed by atoms with van der Waals surface area (Å²) in [7, 11) is 0. The number of carbonyl (C=O) groups is 2. The summed E-state index contributed by atoms with van der Waals surface area (Å²) in [6, 6.07) is 14.8. The highest BCUT2D eigenvalue weighted by Crippen LogP contribution is 2.36. The van der Waals surface area contributed by atoms with Gasteiger partial charge in [-0.05, 0) is 54.7 Å². The maximum Gasteiger partial charge on any atom is 0.327 e. The third-order valence-corrected chi connectivity index (χ3v) is 6.64. The fraction of sp³-hybridized carbons (Fsp3) is 0.320. The van der Waals surface area contributed by atoms with Crippen LogP contribution in [0.5, 0.6) is 5.75 Å². The predicted molar refractivity (Wildman–Crippen MR) is 134 cm³/mol.